The van der Waals surface area contributed by atoms with Crippen LogP contribution in [0.3, 0.4) is 0 Å². The molecule has 114 valence electrons. The Morgan fingerprint density at radius 3 is 2.90 bits per heavy atom. The average Bonchev–Trinajstić information content (AvgIpc) is 2.92. The summed E-state index contributed by atoms with van der Waals surface area (Å²) in [4.78, 5) is 4.24. The zero-order valence-corrected chi connectivity index (χ0v) is 12.2. The van der Waals surface area contributed by atoms with E-state index in [0.717, 1.165) is 24.4 Å². The van der Waals surface area contributed by atoms with Crippen LogP contribution < -0.4 is 16.0 Å². The van der Waals surface area contributed by atoms with Crippen molar-refractivity contribution in [3.63, 3.8) is 0 Å². The number of benzene rings is 1. The molecular formula is C14H20FN5O. The SMILES string of the molecule is CCCn1ncnc1CC(NN)c1ccc(OC)c(F)c1. The molecule has 0 amide bonds. The van der Waals surface area contributed by atoms with E-state index in [9.17, 15) is 4.39 Å². The van der Waals surface area contributed by atoms with Gasteiger partial charge in [-0.1, -0.05) is 13.0 Å². The molecule has 2 aromatic rings. The summed E-state index contributed by atoms with van der Waals surface area (Å²) < 4.78 is 20.6. The van der Waals surface area contributed by atoms with E-state index >= 15 is 0 Å². The Labute approximate surface area is 123 Å². The average molecular weight is 293 g/mol. The highest BCUT2D eigenvalue weighted by Crippen LogP contribution is 2.23. The molecule has 1 heterocycles. The lowest BCUT2D eigenvalue weighted by molar-refractivity contribution is 0.385. The van der Waals surface area contributed by atoms with Crippen LogP contribution in [-0.2, 0) is 13.0 Å². The fourth-order valence-electron chi connectivity index (χ4n) is 2.20. The number of nitrogens with two attached hydrogens (primary N) is 1. The Bertz CT molecular complexity index is 586. The Balaban J connectivity index is 2.19. The Kier molecular flexibility index (Phi) is 5.24. The molecule has 0 bridgehead atoms. The minimum Gasteiger partial charge on any atom is -0.494 e. The van der Waals surface area contributed by atoms with Crippen LogP contribution in [0.15, 0.2) is 24.5 Å². The summed E-state index contributed by atoms with van der Waals surface area (Å²) >= 11 is 0. The predicted molar refractivity (Wildman–Crippen MR) is 77.0 cm³/mol. The van der Waals surface area contributed by atoms with Crippen LogP contribution in [0.1, 0.15) is 30.8 Å². The molecule has 0 aliphatic heterocycles. The number of nitrogens with zero attached hydrogens (tertiary/aromatic N) is 3. The van der Waals surface area contributed by atoms with E-state index in [-0.39, 0.29) is 11.8 Å². The predicted octanol–water partition coefficient (Wildman–Crippen LogP) is 1.58. The van der Waals surface area contributed by atoms with Crippen LogP contribution >= 0.6 is 0 Å². The second-order valence-electron chi connectivity index (χ2n) is 4.72. The van der Waals surface area contributed by atoms with Crippen molar-refractivity contribution < 1.29 is 9.13 Å². The number of hydrogen-bond acceptors (Lipinski definition) is 5. The zero-order chi connectivity index (χ0) is 15.2. The highest BCUT2D eigenvalue weighted by Gasteiger charge is 2.16. The molecule has 0 fully saturated rings. The van der Waals surface area contributed by atoms with E-state index in [1.54, 1.807) is 12.1 Å². The van der Waals surface area contributed by atoms with Gasteiger partial charge in [0.05, 0.1) is 13.2 Å². The first-order valence-corrected chi connectivity index (χ1v) is 6.85. The molecule has 7 heteroatoms. The molecular weight excluding hydrogens is 273 g/mol. The Hall–Kier alpha value is -1.99. The standard InChI is InChI=1S/C14H20FN5O/c1-3-6-20-14(17-9-18-20)8-12(19-16)10-4-5-13(21-2)11(15)7-10/h4-5,7,9,12,19H,3,6,8,16H2,1-2H3. The molecule has 0 aliphatic carbocycles. The van der Waals surface area contributed by atoms with Crippen molar-refractivity contribution in [1.82, 2.24) is 20.2 Å². The highest BCUT2D eigenvalue weighted by atomic mass is 19.1. The van der Waals surface area contributed by atoms with Crippen molar-refractivity contribution in [2.45, 2.75) is 32.4 Å². The van der Waals surface area contributed by atoms with Crippen molar-refractivity contribution in [2.75, 3.05) is 7.11 Å². The summed E-state index contributed by atoms with van der Waals surface area (Å²) in [5.74, 6) is 6.22. The lowest BCUT2D eigenvalue weighted by atomic mass is 10.0. The van der Waals surface area contributed by atoms with Gasteiger partial charge >= 0.3 is 0 Å². The van der Waals surface area contributed by atoms with Crippen molar-refractivity contribution >= 4 is 0 Å². The van der Waals surface area contributed by atoms with Crippen molar-refractivity contribution in [1.29, 1.82) is 0 Å². The van der Waals surface area contributed by atoms with Gasteiger partial charge in [-0.05, 0) is 24.1 Å². The molecule has 3 N–H and O–H groups in total. The number of aromatic nitrogens is 3. The third-order valence-corrected chi connectivity index (χ3v) is 3.30. The van der Waals surface area contributed by atoms with Gasteiger partial charge in [0.1, 0.15) is 12.2 Å². The van der Waals surface area contributed by atoms with Crippen LogP contribution in [-0.4, -0.2) is 21.9 Å². The molecule has 0 saturated carbocycles. The number of hydrazine groups is 1. The fraction of sp³-hybridized carbons (Fsp3) is 0.429. The summed E-state index contributed by atoms with van der Waals surface area (Å²) in [5, 5.41) is 4.17. The van der Waals surface area contributed by atoms with Gasteiger partial charge in [-0.3, -0.25) is 16.0 Å². The van der Waals surface area contributed by atoms with E-state index in [4.69, 9.17) is 10.6 Å². The first-order chi connectivity index (χ1) is 10.2. The summed E-state index contributed by atoms with van der Waals surface area (Å²) in [7, 11) is 1.43. The van der Waals surface area contributed by atoms with Gasteiger partial charge in [0.2, 0.25) is 0 Å². The van der Waals surface area contributed by atoms with E-state index in [0.29, 0.717) is 6.42 Å². The van der Waals surface area contributed by atoms with E-state index in [2.05, 4.69) is 22.4 Å². The largest absolute Gasteiger partial charge is 0.494 e. The van der Waals surface area contributed by atoms with Crippen LogP contribution in [0.4, 0.5) is 4.39 Å². The lowest BCUT2D eigenvalue weighted by Crippen LogP contribution is -2.30. The second kappa shape index (κ2) is 7.14. The lowest BCUT2D eigenvalue weighted by Gasteiger charge is -2.17. The van der Waals surface area contributed by atoms with Crippen LogP contribution in [0.2, 0.25) is 0 Å². The minimum atomic E-state index is -0.412. The fourth-order valence-corrected chi connectivity index (χ4v) is 2.20. The molecule has 0 spiro atoms. The van der Waals surface area contributed by atoms with Gasteiger partial charge in [0, 0.05) is 13.0 Å². The van der Waals surface area contributed by atoms with Gasteiger partial charge in [0.25, 0.3) is 0 Å². The highest BCUT2D eigenvalue weighted by molar-refractivity contribution is 5.31. The summed E-state index contributed by atoms with van der Waals surface area (Å²) in [6.45, 7) is 2.87. The summed E-state index contributed by atoms with van der Waals surface area (Å²) in [6.07, 6.45) is 3.02. The molecule has 0 radical (unpaired) electrons. The Morgan fingerprint density at radius 1 is 1.48 bits per heavy atom. The maximum absolute atomic E-state index is 13.8. The topological polar surface area (TPSA) is 78.0 Å². The maximum Gasteiger partial charge on any atom is 0.165 e. The first kappa shape index (κ1) is 15.4. The third-order valence-electron chi connectivity index (χ3n) is 3.30. The summed E-state index contributed by atoms with van der Waals surface area (Å²) in [6, 6.07) is 4.55. The number of halogens is 1. The quantitative estimate of drug-likeness (QED) is 0.598. The van der Waals surface area contributed by atoms with Gasteiger partial charge in [-0.2, -0.15) is 5.10 Å². The van der Waals surface area contributed by atoms with Gasteiger partial charge in [-0.25, -0.2) is 9.37 Å². The van der Waals surface area contributed by atoms with Crippen LogP contribution in [0, 0.1) is 5.82 Å². The first-order valence-electron chi connectivity index (χ1n) is 6.85. The number of nitrogens with one attached hydrogen (secondary N) is 1. The Morgan fingerprint density at radius 2 is 2.29 bits per heavy atom. The van der Waals surface area contributed by atoms with Crippen LogP contribution in [0.5, 0.6) is 5.75 Å². The van der Waals surface area contributed by atoms with E-state index in [1.165, 1.54) is 19.5 Å². The summed E-state index contributed by atoms with van der Waals surface area (Å²) in [5.41, 5.74) is 3.44. The van der Waals surface area contributed by atoms with Gasteiger partial charge in [-0.15, -0.1) is 0 Å². The number of methoxy groups -OCH3 is 1. The number of rotatable bonds is 7. The van der Waals surface area contributed by atoms with Crippen LogP contribution in [0.25, 0.3) is 0 Å². The second-order valence-corrected chi connectivity index (χ2v) is 4.72. The minimum absolute atomic E-state index is 0.212. The molecule has 0 aliphatic rings. The smallest absolute Gasteiger partial charge is 0.165 e. The maximum atomic E-state index is 13.8. The molecule has 6 nitrogen and oxygen atoms in total. The van der Waals surface area contributed by atoms with Gasteiger partial charge in [0.15, 0.2) is 11.6 Å². The zero-order valence-electron chi connectivity index (χ0n) is 12.2. The van der Waals surface area contributed by atoms with Crippen molar-refractivity contribution in [3.8, 4) is 5.75 Å². The number of ether oxygens (including phenoxy) is 1. The van der Waals surface area contributed by atoms with E-state index in [1.807, 2.05) is 4.68 Å². The number of hydrogen-bond donors (Lipinski definition) is 2. The normalized spacial score (nSPS) is 12.4. The monoisotopic (exact) mass is 293 g/mol. The van der Waals surface area contributed by atoms with Crippen molar-refractivity contribution in [3.05, 3.63) is 41.7 Å². The molecule has 1 unspecified atom stereocenters. The van der Waals surface area contributed by atoms with Gasteiger partial charge < -0.3 is 4.74 Å². The molecule has 1 aromatic carbocycles. The number of aryl methyl sites for hydroxylation is 1. The molecule has 1 atom stereocenters. The van der Waals surface area contributed by atoms with E-state index < -0.39 is 5.82 Å². The molecule has 1 aromatic heterocycles. The molecule has 2 rings (SSSR count). The third kappa shape index (κ3) is 3.56. The van der Waals surface area contributed by atoms with Crippen molar-refractivity contribution in [2.24, 2.45) is 5.84 Å². The molecule has 0 saturated heterocycles. The molecule has 21 heavy (non-hydrogen) atoms.